The number of halogens is 1. The Balaban J connectivity index is 2.49. The Hall–Kier alpha value is -2.14. The van der Waals surface area contributed by atoms with E-state index in [1.165, 1.54) is 4.90 Å². The van der Waals surface area contributed by atoms with Gasteiger partial charge in [-0.05, 0) is 47.2 Å². The number of benzene rings is 1. The standard InChI is InChI=1S/C15H12IN3O2/c1-9-5-3-4-6-11(9)15(21)19(2)13-12(16)7-10(8-17)18-14(13)20/h3-7H,1-2H3,(H,18,20). The van der Waals surface area contributed by atoms with Crippen LogP contribution in [0.5, 0.6) is 0 Å². The minimum Gasteiger partial charge on any atom is -0.312 e. The Morgan fingerprint density at radius 2 is 2.05 bits per heavy atom. The largest absolute Gasteiger partial charge is 0.312 e. The summed E-state index contributed by atoms with van der Waals surface area (Å²) in [7, 11) is 1.55. The zero-order valence-corrected chi connectivity index (χ0v) is 13.6. The van der Waals surface area contributed by atoms with Crippen LogP contribution in [0.4, 0.5) is 5.69 Å². The molecule has 0 bridgehead atoms. The van der Waals surface area contributed by atoms with E-state index in [0.717, 1.165) is 5.56 Å². The predicted molar refractivity (Wildman–Crippen MR) is 88.4 cm³/mol. The second-order valence-electron chi connectivity index (χ2n) is 4.50. The molecule has 2 rings (SSSR count). The van der Waals surface area contributed by atoms with Crippen LogP contribution in [0.2, 0.25) is 0 Å². The van der Waals surface area contributed by atoms with E-state index in [0.29, 0.717) is 9.13 Å². The van der Waals surface area contributed by atoms with E-state index in [4.69, 9.17) is 5.26 Å². The number of nitrogens with zero attached hydrogens (tertiary/aromatic N) is 2. The summed E-state index contributed by atoms with van der Waals surface area (Å²) in [5, 5.41) is 8.84. The molecule has 0 atom stereocenters. The van der Waals surface area contributed by atoms with Gasteiger partial charge in [-0.15, -0.1) is 0 Å². The third-order valence-electron chi connectivity index (χ3n) is 3.10. The molecule has 21 heavy (non-hydrogen) atoms. The quantitative estimate of drug-likeness (QED) is 0.797. The van der Waals surface area contributed by atoms with Gasteiger partial charge >= 0.3 is 0 Å². The van der Waals surface area contributed by atoms with Gasteiger partial charge in [0.1, 0.15) is 17.5 Å². The Morgan fingerprint density at radius 3 is 2.62 bits per heavy atom. The van der Waals surface area contributed by atoms with Crippen LogP contribution in [0.3, 0.4) is 0 Å². The SMILES string of the molecule is Cc1ccccc1C(=O)N(C)c1c(I)cc(C#N)[nH]c1=O. The molecule has 0 aliphatic heterocycles. The molecule has 2 aromatic rings. The highest BCUT2D eigenvalue weighted by molar-refractivity contribution is 14.1. The molecule has 1 N–H and O–H groups in total. The van der Waals surface area contributed by atoms with E-state index in [1.807, 2.05) is 47.7 Å². The maximum Gasteiger partial charge on any atom is 0.274 e. The first-order valence-corrected chi connectivity index (χ1v) is 7.20. The van der Waals surface area contributed by atoms with E-state index in [9.17, 15) is 9.59 Å². The van der Waals surface area contributed by atoms with Gasteiger partial charge in [-0.1, -0.05) is 18.2 Å². The molecule has 0 saturated heterocycles. The highest BCUT2D eigenvalue weighted by Gasteiger charge is 2.20. The zero-order valence-electron chi connectivity index (χ0n) is 11.5. The number of nitrogens with one attached hydrogen (secondary N) is 1. The average Bonchev–Trinajstić information content (AvgIpc) is 2.46. The first kappa shape index (κ1) is 15.3. The normalized spacial score (nSPS) is 10.0. The van der Waals surface area contributed by atoms with E-state index >= 15 is 0 Å². The summed E-state index contributed by atoms with van der Waals surface area (Å²) in [4.78, 5) is 28.4. The molecule has 0 spiro atoms. The minimum absolute atomic E-state index is 0.171. The molecule has 106 valence electrons. The number of H-pyrrole nitrogens is 1. The number of aromatic amines is 1. The second-order valence-corrected chi connectivity index (χ2v) is 5.66. The van der Waals surface area contributed by atoms with Crippen molar-refractivity contribution in [1.29, 1.82) is 5.26 Å². The molecule has 0 fully saturated rings. The van der Waals surface area contributed by atoms with Crippen molar-refractivity contribution in [1.82, 2.24) is 4.98 Å². The fourth-order valence-electron chi connectivity index (χ4n) is 1.99. The molecule has 0 saturated carbocycles. The van der Waals surface area contributed by atoms with Crippen molar-refractivity contribution in [3.05, 3.63) is 61.1 Å². The lowest BCUT2D eigenvalue weighted by atomic mass is 10.1. The number of carbonyl (C=O) groups excluding carboxylic acids is 1. The van der Waals surface area contributed by atoms with E-state index in [1.54, 1.807) is 25.2 Å². The van der Waals surface area contributed by atoms with Gasteiger partial charge in [-0.3, -0.25) is 9.59 Å². The van der Waals surface area contributed by atoms with Crippen LogP contribution in [-0.4, -0.2) is 17.9 Å². The van der Waals surface area contributed by atoms with E-state index in [2.05, 4.69) is 4.98 Å². The molecule has 1 aromatic carbocycles. The third kappa shape index (κ3) is 2.97. The summed E-state index contributed by atoms with van der Waals surface area (Å²) in [6.45, 7) is 1.84. The summed E-state index contributed by atoms with van der Waals surface area (Å²) in [5.41, 5.74) is 1.34. The summed E-state index contributed by atoms with van der Waals surface area (Å²) in [5.74, 6) is -0.263. The van der Waals surface area contributed by atoms with Crippen molar-refractivity contribution in [3.63, 3.8) is 0 Å². The number of amides is 1. The maximum atomic E-state index is 12.5. The van der Waals surface area contributed by atoms with Crippen molar-refractivity contribution in [3.8, 4) is 6.07 Å². The monoisotopic (exact) mass is 393 g/mol. The van der Waals surface area contributed by atoms with Gasteiger partial charge in [0.15, 0.2) is 0 Å². The van der Waals surface area contributed by atoms with E-state index < -0.39 is 5.56 Å². The van der Waals surface area contributed by atoms with Crippen molar-refractivity contribution in [2.45, 2.75) is 6.92 Å². The third-order valence-corrected chi connectivity index (χ3v) is 3.92. The Labute approximate surface area is 135 Å². The van der Waals surface area contributed by atoms with Crippen molar-refractivity contribution >= 4 is 34.2 Å². The van der Waals surface area contributed by atoms with Crippen LogP contribution in [0.25, 0.3) is 0 Å². The number of hydrogen-bond acceptors (Lipinski definition) is 3. The summed E-state index contributed by atoms with van der Waals surface area (Å²) >= 11 is 1.95. The first-order chi connectivity index (χ1) is 9.95. The lowest BCUT2D eigenvalue weighted by Gasteiger charge is -2.19. The first-order valence-electron chi connectivity index (χ1n) is 6.12. The number of rotatable bonds is 2. The van der Waals surface area contributed by atoms with Gasteiger partial charge in [-0.2, -0.15) is 5.26 Å². The topological polar surface area (TPSA) is 77.0 Å². The van der Waals surface area contributed by atoms with Crippen LogP contribution in [0.1, 0.15) is 21.6 Å². The Bertz CT molecular complexity index is 805. The smallest absolute Gasteiger partial charge is 0.274 e. The predicted octanol–water partition coefficient (Wildman–Crippen LogP) is 2.44. The van der Waals surface area contributed by atoms with Crippen LogP contribution in [0, 0.1) is 21.8 Å². The molecule has 1 heterocycles. The highest BCUT2D eigenvalue weighted by atomic mass is 127. The minimum atomic E-state index is -0.456. The number of nitriles is 1. The van der Waals surface area contributed by atoms with Crippen molar-refractivity contribution < 1.29 is 4.79 Å². The van der Waals surface area contributed by atoms with Gasteiger partial charge in [0.2, 0.25) is 0 Å². The fraction of sp³-hybridized carbons (Fsp3) is 0.133. The van der Waals surface area contributed by atoms with Gasteiger partial charge < -0.3 is 9.88 Å². The summed E-state index contributed by atoms with van der Waals surface area (Å²) in [6.07, 6.45) is 0. The molecule has 1 aromatic heterocycles. The lowest BCUT2D eigenvalue weighted by Crippen LogP contribution is -2.33. The molecule has 5 nitrogen and oxygen atoms in total. The zero-order chi connectivity index (χ0) is 15.6. The fourth-order valence-corrected chi connectivity index (χ4v) is 2.91. The Kier molecular flexibility index (Phi) is 4.43. The molecule has 6 heteroatoms. The average molecular weight is 393 g/mol. The van der Waals surface area contributed by atoms with E-state index in [-0.39, 0.29) is 17.3 Å². The van der Waals surface area contributed by atoms with Crippen molar-refractivity contribution in [2.75, 3.05) is 11.9 Å². The summed E-state index contributed by atoms with van der Waals surface area (Å²) < 4.78 is 0.553. The number of hydrogen-bond donors (Lipinski definition) is 1. The molecule has 0 unspecified atom stereocenters. The van der Waals surface area contributed by atoms with Gasteiger partial charge in [0.05, 0.1) is 0 Å². The number of carbonyl (C=O) groups is 1. The van der Waals surface area contributed by atoms with Crippen LogP contribution in [-0.2, 0) is 0 Å². The van der Waals surface area contributed by atoms with Gasteiger partial charge in [0.25, 0.3) is 11.5 Å². The number of pyridine rings is 1. The molecule has 0 aliphatic rings. The number of anilines is 1. The highest BCUT2D eigenvalue weighted by Crippen LogP contribution is 2.20. The lowest BCUT2D eigenvalue weighted by molar-refractivity contribution is 0.0992. The molecular formula is C15H12IN3O2. The second kappa shape index (κ2) is 6.10. The van der Waals surface area contributed by atoms with Gasteiger partial charge in [-0.25, -0.2) is 0 Å². The number of aryl methyl sites for hydroxylation is 1. The maximum absolute atomic E-state index is 12.5. The molecular weight excluding hydrogens is 381 g/mol. The van der Waals surface area contributed by atoms with Crippen LogP contribution < -0.4 is 10.5 Å². The molecule has 1 amide bonds. The Morgan fingerprint density at radius 1 is 1.38 bits per heavy atom. The number of aromatic nitrogens is 1. The molecule has 0 aliphatic carbocycles. The van der Waals surface area contributed by atoms with Crippen LogP contribution >= 0.6 is 22.6 Å². The van der Waals surface area contributed by atoms with Gasteiger partial charge in [0, 0.05) is 16.2 Å². The summed E-state index contributed by atoms with van der Waals surface area (Å²) in [6, 6.07) is 10.6. The molecule has 0 radical (unpaired) electrons. The van der Waals surface area contributed by atoms with Crippen molar-refractivity contribution in [2.24, 2.45) is 0 Å². The van der Waals surface area contributed by atoms with Crippen LogP contribution in [0.15, 0.2) is 35.1 Å².